The Morgan fingerprint density at radius 3 is 2.62 bits per heavy atom. The van der Waals surface area contributed by atoms with Gasteiger partial charge in [0.1, 0.15) is 12.1 Å². The van der Waals surface area contributed by atoms with Gasteiger partial charge in [-0.3, -0.25) is 4.79 Å². The zero-order valence-corrected chi connectivity index (χ0v) is 16.6. The minimum Gasteiger partial charge on any atom is -0.369 e. The van der Waals surface area contributed by atoms with Crippen LogP contribution in [0.25, 0.3) is 10.9 Å². The van der Waals surface area contributed by atoms with E-state index in [1.54, 1.807) is 12.1 Å². The van der Waals surface area contributed by atoms with Crippen LogP contribution >= 0.6 is 0 Å². The van der Waals surface area contributed by atoms with Gasteiger partial charge in [-0.05, 0) is 56.4 Å². The fourth-order valence-corrected chi connectivity index (χ4v) is 2.91. The maximum absolute atomic E-state index is 12.1. The van der Waals surface area contributed by atoms with Gasteiger partial charge in [-0.25, -0.2) is 9.97 Å². The molecule has 0 fully saturated rings. The first-order valence-electron chi connectivity index (χ1n) is 9.47. The number of nitriles is 1. The molecule has 0 atom stereocenters. The van der Waals surface area contributed by atoms with E-state index in [2.05, 4.69) is 26.7 Å². The van der Waals surface area contributed by atoms with Gasteiger partial charge in [0.2, 0.25) is 0 Å². The third kappa shape index (κ3) is 5.50. The van der Waals surface area contributed by atoms with Crippen LogP contribution < -0.4 is 10.6 Å². The lowest BCUT2D eigenvalue weighted by molar-refractivity contribution is 0.0951. The van der Waals surface area contributed by atoms with Gasteiger partial charge >= 0.3 is 0 Å². The second kappa shape index (κ2) is 9.62. The number of rotatable bonds is 8. The minimum atomic E-state index is -0.0581. The molecule has 3 rings (SSSR count). The van der Waals surface area contributed by atoms with Crippen LogP contribution in [0.3, 0.4) is 0 Å². The fraction of sp³-hybridized carbons (Fsp3) is 0.273. The van der Waals surface area contributed by atoms with Crippen molar-refractivity contribution >= 4 is 22.6 Å². The molecule has 0 unspecified atom stereocenters. The van der Waals surface area contributed by atoms with Crippen molar-refractivity contribution in [3.63, 3.8) is 0 Å². The summed E-state index contributed by atoms with van der Waals surface area (Å²) in [6.45, 7) is 2.11. The molecule has 0 saturated carbocycles. The first kappa shape index (κ1) is 20.2. The zero-order chi connectivity index (χ0) is 20.6. The maximum atomic E-state index is 12.1. The van der Waals surface area contributed by atoms with E-state index >= 15 is 0 Å². The highest BCUT2D eigenvalue weighted by Crippen LogP contribution is 2.20. The summed E-state index contributed by atoms with van der Waals surface area (Å²) < 4.78 is 0. The summed E-state index contributed by atoms with van der Waals surface area (Å²) in [7, 11) is 3.95. The Morgan fingerprint density at radius 1 is 1.10 bits per heavy atom. The average molecular weight is 388 g/mol. The molecule has 0 radical (unpaired) electrons. The molecule has 1 aromatic heterocycles. The number of nitrogens with zero attached hydrogens (tertiary/aromatic N) is 4. The van der Waals surface area contributed by atoms with Crippen LogP contribution in [0, 0.1) is 11.3 Å². The number of hydrogen-bond acceptors (Lipinski definition) is 6. The Labute approximate surface area is 170 Å². The molecule has 0 aliphatic heterocycles. The number of aromatic nitrogens is 2. The van der Waals surface area contributed by atoms with Crippen LogP contribution in [0.1, 0.15) is 21.5 Å². The Morgan fingerprint density at radius 2 is 1.90 bits per heavy atom. The molecule has 148 valence electrons. The number of carbonyl (C=O) groups is 1. The van der Waals surface area contributed by atoms with Crippen LogP contribution in [0.4, 0.5) is 5.82 Å². The second-order valence-electron chi connectivity index (χ2n) is 7.00. The maximum Gasteiger partial charge on any atom is 0.251 e. The topological polar surface area (TPSA) is 93.9 Å². The lowest BCUT2D eigenvalue weighted by Crippen LogP contribution is -2.31. The van der Waals surface area contributed by atoms with Crippen LogP contribution in [0.5, 0.6) is 0 Å². The van der Waals surface area contributed by atoms with Crippen molar-refractivity contribution < 1.29 is 4.79 Å². The molecule has 1 amide bonds. The molecule has 0 spiro atoms. The van der Waals surface area contributed by atoms with E-state index < -0.39 is 0 Å². The van der Waals surface area contributed by atoms with E-state index in [-0.39, 0.29) is 5.91 Å². The SMILES string of the molecule is CN(C)CCNC(=O)c1ccc(CCNc2ncnc3ccc(C#N)cc23)cc1. The van der Waals surface area contributed by atoms with Gasteiger partial charge in [0.25, 0.3) is 5.91 Å². The van der Waals surface area contributed by atoms with Crippen molar-refractivity contribution in [1.29, 1.82) is 5.26 Å². The molecule has 29 heavy (non-hydrogen) atoms. The van der Waals surface area contributed by atoms with Crippen molar-refractivity contribution in [3.8, 4) is 6.07 Å². The normalized spacial score (nSPS) is 10.7. The average Bonchev–Trinajstić information content (AvgIpc) is 2.73. The Kier molecular flexibility index (Phi) is 6.72. The number of benzene rings is 2. The van der Waals surface area contributed by atoms with Crippen molar-refractivity contribution in [2.75, 3.05) is 39.0 Å². The molecule has 7 nitrogen and oxygen atoms in total. The molecule has 0 aliphatic carbocycles. The van der Waals surface area contributed by atoms with Gasteiger partial charge in [-0.15, -0.1) is 0 Å². The molecule has 2 aromatic carbocycles. The molecule has 0 saturated heterocycles. The first-order valence-corrected chi connectivity index (χ1v) is 9.47. The predicted molar refractivity (Wildman–Crippen MR) is 114 cm³/mol. The van der Waals surface area contributed by atoms with Gasteiger partial charge in [-0.1, -0.05) is 12.1 Å². The van der Waals surface area contributed by atoms with Crippen LogP contribution in [-0.2, 0) is 6.42 Å². The fourth-order valence-electron chi connectivity index (χ4n) is 2.91. The first-order chi connectivity index (χ1) is 14.1. The third-order valence-electron chi connectivity index (χ3n) is 4.53. The van der Waals surface area contributed by atoms with E-state index in [9.17, 15) is 4.79 Å². The van der Waals surface area contributed by atoms with Gasteiger partial charge < -0.3 is 15.5 Å². The Hall–Kier alpha value is -3.50. The molecule has 1 heterocycles. The smallest absolute Gasteiger partial charge is 0.251 e. The highest BCUT2D eigenvalue weighted by Gasteiger charge is 2.07. The van der Waals surface area contributed by atoms with Crippen molar-refractivity contribution in [2.24, 2.45) is 0 Å². The summed E-state index contributed by atoms with van der Waals surface area (Å²) in [6.07, 6.45) is 2.30. The van der Waals surface area contributed by atoms with E-state index in [0.717, 1.165) is 29.4 Å². The van der Waals surface area contributed by atoms with Gasteiger partial charge in [-0.2, -0.15) is 5.26 Å². The van der Waals surface area contributed by atoms with Crippen LogP contribution in [0.2, 0.25) is 0 Å². The largest absolute Gasteiger partial charge is 0.369 e. The standard InChI is InChI=1S/C22H24N6O/c1-28(2)12-11-25-22(29)18-6-3-16(4-7-18)9-10-24-21-19-13-17(14-23)5-8-20(19)26-15-27-21/h3-8,13,15H,9-12H2,1-2H3,(H,25,29)(H,24,26,27). The molecular formula is C22H24N6O. The molecule has 0 bridgehead atoms. The predicted octanol–water partition coefficient (Wildman–Crippen LogP) is 2.45. The monoisotopic (exact) mass is 388 g/mol. The molecular weight excluding hydrogens is 364 g/mol. The molecule has 2 N–H and O–H groups in total. The Balaban J connectivity index is 1.57. The van der Waals surface area contributed by atoms with E-state index in [1.807, 2.05) is 49.3 Å². The number of likely N-dealkylation sites (N-methyl/N-ethyl adjacent to an activating group) is 1. The zero-order valence-electron chi connectivity index (χ0n) is 16.6. The number of carbonyl (C=O) groups excluding carboxylic acids is 1. The highest BCUT2D eigenvalue weighted by atomic mass is 16.1. The quantitative estimate of drug-likeness (QED) is 0.616. The number of hydrogen-bond donors (Lipinski definition) is 2. The lowest BCUT2D eigenvalue weighted by atomic mass is 10.1. The van der Waals surface area contributed by atoms with E-state index in [0.29, 0.717) is 30.0 Å². The van der Waals surface area contributed by atoms with Gasteiger partial charge in [0, 0.05) is 30.6 Å². The summed E-state index contributed by atoms with van der Waals surface area (Å²) in [5.41, 5.74) is 3.16. The second-order valence-corrected chi connectivity index (χ2v) is 7.00. The molecule has 7 heteroatoms. The van der Waals surface area contributed by atoms with Crippen molar-refractivity contribution in [2.45, 2.75) is 6.42 Å². The lowest BCUT2D eigenvalue weighted by Gasteiger charge is -2.11. The molecule has 3 aromatic rings. The van der Waals surface area contributed by atoms with Crippen molar-refractivity contribution in [3.05, 3.63) is 65.5 Å². The number of nitrogens with one attached hydrogen (secondary N) is 2. The summed E-state index contributed by atoms with van der Waals surface area (Å²) in [5.74, 6) is 0.654. The van der Waals surface area contributed by atoms with Crippen molar-refractivity contribution in [1.82, 2.24) is 20.2 Å². The van der Waals surface area contributed by atoms with Gasteiger partial charge in [0.05, 0.1) is 17.1 Å². The highest BCUT2D eigenvalue weighted by molar-refractivity contribution is 5.94. The summed E-state index contributed by atoms with van der Waals surface area (Å²) in [6, 6.07) is 15.1. The van der Waals surface area contributed by atoms with Crippen LogP contribution in [-0.4, -0.2) is 54.5 Å². The number of fused-ring (bicyclic) bond motifs is 1. The minimum absolute atomic E-state index is 0.0581. The summed E-state index contributed by atoms with van der Waals surface area (Å²) in [4.78, 5) is 22.7. The van der Waals surface area contributed by atoms with Crippen LogP contribution in [0.15, 0.2) is 48.8 Å². The summed E-state index contributed by atoms with van der Waals surface area (Å²) >= 11 is 0. The third-order valence-corrected chi connectivity index (χ3v) is 4.53. The Bertz CT molecular complexity index is 1020. The van der Waals surface area contributed by atoms with E-state index in [4.69, 9.17) is 5.26 Å². The number of amides is 1. The summed E-state index contributed by atoms with van der Waals surface area (Å²) in [5, 5.41) is 16.2. The van der Waals surface area contributed by atoms with Gasteiger partial charge in [0.15, 0.2) is 0 Å². The van der Waals surface area contributed by atoms with E-state index in [1.165, 1.54) is 6.33 Å². The number of anilines is 1. The molecule has 0 aliphatic rings.